The summed E-state index contributed by atoms with van der Waals surface area (Å²) in [5, 5.41) is 2.97. The Labute approximate surface area is 104 Å². The van der Waals surface area contributed by atoms with E-state index < -0.39 is 0 Å². The fourth-order valence-electron chi connectivity index (χ4n) is 0.994. The van der Waals surface area contributed by atoms with Crippen LogP contribution < -0.4 is 8.85 Å². The summed E-state index contributed by atoms with van der Waals surface area (Å²) in [5.41, 5.74) is 0. The fourth-order valence-corrected chi connectivity index (χ4v) is 1.65. The summed E-state index contributed by atoms with van der Waals surface area (Å²) in [4.78, 5) is 24.3. The molecule has 15 heavy (non-hydrogen) atoms. The highest BCUT2D eigenvalue weighted by Crippen LogP contribution is 2.00. The number of carbonyl (C=O) groups excluding carboxylic acids is 2. The monoisotopic (exact) mass is 327 g/mol. The fraction of sp³-hybridized carbons (Fsp3) is 0.778. The van der Waals surface area contributed by atoms with Gasteiger partial charge in [-0.25, -0.2) is 0 Å². The van der Waals surface area contributed by atoms with Gasteiger partial charge in [0, 0.05) is 49.4 Å². The molecule has 5 nitrogen and oxygen atoms in total. The Kier molecular flexibility index (Phi) is 7.89. The number of halogens is 1. The lowest BCUT2D eigenvalue weighted by molar-refractivity contribution is -0.132. The Hall–Kier alpha value is -0.210. The second kappa shape index (κ2) is 8.00. The van der Waals surface area contributed by atoms with Gasteiger partial charge < -0.3 is 10.2 Å². The molecule has 0 spiro atoms. The van der Waals surface area contributed by atoms with Crippen molar-refractivity contribution in [3.05, 3.63) is 0 Å². The number of hydrogen-bond donors (Lipinski definition) is 2. The molecule has 1 amide bonds. The Morgan fingerprint density at radius 2 is 2.07 bits per heavy atom. The largest absolute Gasteiger partial charge is 0.344 e. The minimum atomic E-state index is -0.380. The lowest BCUT2D eigenvalue weighted by Crippen LogP contribution is -2.39. The van der Waals surface area contributed by atoms with Crippen molar-refractivity contribution in [2.45, 2.75) is 19.4 Å². The van der Waals surface area contributed by atoms with Gasteiger partial charge in [0.25, 0.3) is 0 Å². The Morgan fingerprint density at radius 1 is 1.47 bits per heavy atom. The highest BCUT2D eigenvalue weighted by molar-refractivity contribution is 14.1. The van der Waals surface area contributed by atoms with Gasteiger partial charge in [-0.1, -0.05) is 0 Å². The average molecular weight is 327 g/mol. The molecule has 0 aliphatic rings. The molecule has 0 saturated carbocycles. The number of Topliss-reactive ketones (excluding diaryl/α,β-unsaturated/α-hetero) is 1. The van der Waals surface area contributed by atoms with E-state index in [1.165, 1.54) is 6.92 Å². The number of carbonyl (C=O) groups is 2. The first-order valence-corrected chi connectivity index (χ1v) is 5.86. The van der Waals surface area contributed by atoms with Crippen molar-refractivity contribution < 1.29 is 9.59 Å². The summed E-state index contributed by atoms with van der Waals surface area (Å²) < 4.78 is 2.80. The third-order valence-electron chi connectivity index (χ3n) is 2.12. The Balaban J connectivity index is 4.04. The van der Waals surface area contributed by atoms with Crippen molar-refractivity contribution in [3.8, 4) is 0 Å². The van der Waals surface area contributed by atoms with Gasteiger partial charge in [-0.3, -0.25) is 13.1 Å². The van der Waals surface area contributed by atoms with Crippen LogP contribution in [0.5, 0.6) is 0 Å². The predicted octanol–water partition coefficient (Wildman–Crippen LogP) is -0.0485. The van der Waals surface area contributed by atoms with Crippen molar-refractivity contribution in [1.82, 2.24) is 13.7 Å². The van der Waals surface area contributed by atoms with Crippen molar-refractivity contribution in [1.29, 1.82) is 0 Å². The number of amides is 1. The van der Waals surface area contributed by atoms with Gasteiger partial charge in [0.2, 0.25) is 5.91 Å². The lowest BCUT2D eigenvalue weighted by atomic mass is 10.1. The number of ketones is 1. The summed E-state index contributed by atoms with van der Waals surface area (Å²) in [6.07, 6.45) is 0.221. The molecule has 0 aromatic carbocycles. The van der Waals surface area contributed by atoms with E-state index in [1.54, 1.807) is 11.9 Å². The van der Waals surface area contributed by atoms with E-state index >= 15 is 0 Å². The van der Waals surface area contributed by atoms with Crippen molar-refractivity contribution in [2.24, 2.45) is 0 Å². The first-order valence-electron chi connectivity index (χ1n) is 4.78. The minimum absolute atomic E-state index is 0.0141. The van der Waals surface area contributed by atoms with E-state index in [0.29, 0.717) is 6.54 Å². The summed E-state index contributed by atoms with van der Waals surface area (Å²) in [5.74, 6) is -0.0330. The molecule has 0 fully saturated rings. The van der Waals surface area contributed by atoms with Gasteiger partial charge in [-0.2, -0.15) is 0 Å². The lowest BCUT2D eigenvalue weighted by Gasteiger charge is -2.19. The van der Waals surface area contributed by atoms with E-state index in [-0.39, 0.29) is 24.2 Å². The molecule has 1 atom stereocenters. The van der Waals surface area contributed by atoms with Crippen molar-refractivity contribution in [2.75, 3.05) is 27.2 Å². The van der Waals surface area contributed by atoms with E-state index in [4.69, 9.17) is 0 Å². The second-order valence-corrected chi connectivity index (χ2v) is 4.02. The standard InChI is InChI=1S/C9H18IN3O2/c1-7(14)8(12-10)6-9(15)13(3)5-4-11-2/h8,11-12H,4-6H2,1-3H3/t8-/m0/s1. The van der Waals surface area contributed by atoms with E-state index in [9.17, 15) is 9.59 Å². The topological polar surface area (TPSA) is 61.4 Å². The molecule has 0 saturated heterocycles. The molecule has 0 aliphatic carbocycles. The van der Waals surface area contributed by atoms with E-state index in [1.807, 2.05) is 29.9 Å². The second-order valence-electron chi connectivity index (χ2n) is 3.40. The van der Waals surface area contributed by atoms with Gasteiger partial charge in [0.15, 0.2) is 0 Å². The number of hydrogen-bond acceptors (Lipinski definition) is 4. The number of nitrogens with zero attached hydrogens (tertiary/aromatic N) is 1. The summed E-state index contributed by atoms with van der Waals surface area (Å²) in [7, 11) is 3.58. The average Bonchev–Trinajstić information content (AvgIpc) is 2.21. The van der Waals surface area contributed by atoms with Crippen LogP contribution in [0.25, 0.3) is 0 Å². The maximum absolute atomic E-state index is 11.6. The molecule has 0 radical (unpaired) electrons. The number of nitrogens with one attached hydrogen (secondary N) is 2. The molecule has 0 bridgehead atoms. The zero-order valence-corrected chi connectivity index (χ0v) is 11.5. The van der Waals surface area contributed by atoms with Gasteiger partial charge in [-0.15, -0.1) is 0 Å². The Bertz CT molecular complexity index is 223. The maximum atomic E-state index is 11.6. The van der Waals surface area contributed by atoms with Crippen molar-refractivity contribution >= 4 is 34.6 Å². The van der Waals surface area contributed by atoms with Crippen LogP contribution in [0.15, 0.2) is 0 Å². The first kappa shape index (κ1) is 14.8. The van der Waals surface area contributed by atoms with Gasteiger partial charge in [0.1, 0.15) is 5.78 Å². The third-order valence-corrected chi connectivity index (χ3v) is 2.88. The van der Waals surface area contributed by atoms with Crippen LogP contribution in [0.4, 0.5) is 0 Å². The molecule has 6 heteroatoms. The Morgan fingerprint density at radius 3 is 2.47 bits per heavy atom. The molecule has 0 heterocycles. The molecule has 0 aromatic heterocycles. The number of rotatable bonds is 7. The van der Waals surface area contributed by atoms with Gasteiger partial charge in [-0.05, 0) is 14.0 Å². The van der Waals surface area contributed by atoms with Gasteiger partial charge >= 0.3 is 0 Å². The molecule has 0 rings (SSSR count). The zero-order chi connectivity index (χ0) is 11.8. The normalized spacial score (nSPS) is 12.3. The highest BCUT2D eigenvalue weighted by Gasteiger charge is 2.18. The van der Waals surface area contributed by atoms with Crippen LogP contribution in [0.1, 0.15) is 13.3 Å². The minimum Gasteiger partial charge on any atom is -0.344 e. The van der Waals surface area contributed by atoms with Crippen LogP contribution in [-0.2, 0) is 9.59 Å². The molecule has 88 valence electrons. The maximum Gasteiger partial charge on any atom is 0.224 e. The molecule has 0 aliphatic heterocycles. The molecular weight excluding hydrogens is 309 g/mol. The summed E-state index contributed by atoms with van der Waals surface area (Å²) in [6, 6.07) is -0.380. The highest BCUT2D eigenvalue weighted by atomic mass is 127. The van der Waals surface area contributed by atoms with Crippen molar-refractivity contribution in [3.63, 3.8) is 0 Å². The first-order chi connectivity index (χ1) is 7.02. The van der Waals surface area contributed by atoms with Crippen LogP contribution in [0.3, 0.4) is 0 Å². The summed E-state index contributed by atoms with van der Waals surface area (Å²) in [6.45, 7) is 2.89. The quantitative estimate of drug-likeness (QED) is 0.509. The third kappa shape index (κ3) is 6.06. The molecule has 0 aromatic rings. The van der Waals surface area contributed by atoms with Crippen LogP contribution >= 0.6 is 22.9 Å². The molecular formula is C9H18IN3O2. The molecule has 2 N–H and O–H groups in total. The molecule has 0 unspecified atom stereocenters. The number of likely N-dealkylation sites (N-methyl/N-ethyl adjacent to an activating group) is 2. The van der Waals surface area contributed by atoms with E-state index in [2.05, 4.69) is 8.85 Å². The summed E-state index contributed by atoms with van der Waals surface area (Å²) >= 11 is 1.90. The predicted molar refractivity (Wildman–Crippen MR) is 67.8 cm³/mol. The van der Waals surface area contributed by atoms with E-state index in [0.717, 1.165) is 6.54 Å². The van der Waals surface area contributed by atoms with Crippen LogP contribution in [-0.4, -0.2) is 49.8 Å². The van der Waals surface area contributed by atoms with Gasteiger partial charge in [0.05, 0.1) is 6.04 Å². The van der Waals surface area contributed by atoms with Crippen LogP contribution in [0.2, 0.25) is 0 Å². The smallest absolute Gasteiger partial charge is 0.224 e. The SMILES string of the molecule is CNCCN(C)C(=O)C[C@H](NI)C(C)=O. The van der Waals surface area contributed by atoms with Crippen LogP contribution in [0, 0.1) is 0 Å². The zero-order valence-electron chi connectivity index (χ0n) is 9.34.